The van der Waals surface area contributed by atoms with Crippen LogP contribution in [0.15, 0.2) is 33.7 Å². The second kappa shape index (κ2) is 8.93. The highest BCUT2D eigenvalue weighted by Crippen LogP contribution is 2.43. The average molecular weight is 474 g/mol. The average Bonchev–Trinajstić information content (AvgIpc) is 3.45. The Labute approximate surface area is 194 Å². The van der Waals surface area contributed by atoms with Crippen LogP contribution < -0.4 is 5.32 Å². The van der Waals surface area contributed by atoms with E-state index in [2.05, 4.69) is 10.5 Å². The van der Waals surface area contributed by atoms with Crippen molar-refractivity contribution in [2.24, 2.45) is 5.92 Å². The minimum atomic E-state index is -3.86. The lowest BCUT2D eigenvalue weighted by molar-refractivity contribution is -0.137. The van der Waals surface area contributed by atoms with Gasteiger partial charge in [-0.25, -0.2) is 8.42 Å². The molecule has 4 rings (SSSR count). The van der Waals surface area contributed by atoms with Gasteiger partial charge in [0, 0.05) is 25.1 Å². The molecule has 8 nitrogen and oxygen atoms in total. The Hall–Kier alpha value is -2.68. The van der Waals surface area contributed by atoms with Gasteiger partial charge in [0.15, 0.2) is 20.4 Å². The largest absolute Gasteiger partial charge is 0.360 e. The maximum Gasteiger partial charge on any atom is 0.244 e. The molecule has 33 heavy (non-hydrogen) atoms. The topological polar surface area (TPSA) is 110 Å². The van der Waals surface area contributed by atoms with Gasteiger partial charge in [0.05, 0.1) is 4.90 Å². The minimum Gasteiger partial charge on any atom is -0.360 e. The molecule has 2 fully saturated rings. The van der Waals surface area contributed by atoms with E-state index in [1.54, 1.807) is 36.9 Å². The Balaban J connectivity index is 1.50. The maximum atomic E-state index is 13.9. The Morgan fingerprint density at radius 1 is 1.09 bits per heavy atom. The molecule has 2 aromatic rings. The molecule has 1 aromatic heterocycles. The van der Waals surface area contributed by atoms with E-state index in [1.165, 1.54) is 0 Å². The lowest BCUT2D eigenvalue weighted by atomic mass is 9.94. The van der Waals surface area contributed by atoms with Crippen LogP contribution in [0.4, 0.5) is 5.82 Å². The first-order valence-corrected chi connectivity index (χ1v) is 13.0. The van der Waals surface area contributed by atoms with Crippen molar-refractivity contribution in [2.45, 2.75) is 68.9 Å². The molecule has 2 aliphatic rings. The van der Waals surface area contributed by atoms with Crippen LogP contribution in [-0.2, 0) is 19.4 Å². The molecule has 1 saturated carbocycles. The van der Waals surface area contributed by atoms with E-state index in [9.17, 15) is 18.0 Å². The van der Waals surface area contributed by atoms with Gasteiger partial charge in [-0.2, -0.15) is 0 Å². The molecule has 1 saturated heterocycles. The lowest BCUT2D eigenvalue weighted by Crippen LogP contribution is -2.54. The van der Waals surface area contributed by atoms with E-state index < -0.39 is 14.6 Å². The molecule has 1 aliphatic carbocycles. The van der Waals surface area contributed by atoms with Gasteiger partial charge in [0.1, 0.15) is 5.76 Å². The monoisotopic (exact) mass is 473 g/mol. The van der Waals surface area contributed by atoms with Gasteiger partial charge in [0.2, 0.25) is 11.8 Å². The fourth-order valence-corrected chi connectivity index (χ4v) is 7.48. The van der Waals surface area contributed by atoms with Gasteiger partial charge in [-0.05, 0) is 63.6 Å². The number of nitrogens with one attached hydrogen (secondary N) is 1. The highest BCUT2D eigenvalue weighted by molar-refractivity contribution is 7.93. The SMILES string of the molecule is Cc1ccc(C)c(S(=O)(=O)C2(C(=O)N3CCC(C(=O)Nc4cc(C)on4)CC3)CCCC2)c1. The Morgan fingerprint density at radius 2 is 1.76 bits per heavy atom. The number of anilines is 1. The predicted octanol–water partition coefficient (Wildman–Crippen LogP) is 3.56. The molecule has 0 bridgehead atoms. The van der Waals surface area contributed by atoms with Crippen molar-refractivity contribution in [1.82, 2.24) is 10.1 Å². The first kappa shape index (κ1) is 23.5. The minimum absolute atomic E-state index is 0.158. The fraction of sp³-hybridized carbons (Fsp3) is 0.542. The summed E-state index contributed by atoms with van der Waals surface area (Å²) in [6.45, 7) is 6.10. The van der Waals surface area contributed by atoms with E-state index in [-0.39, 0.29) is 22.6 Å². The van der Waals surface area contributed by atoms with E-state index in [0.717, 1.165) is 5.56 Å². The van der Waals surface area contributed by atoms with E-state index in [1.807, 2.05) is 13.0 Å². The van der Waals surface area contributed by atoms with Crippen LogP contribution in [0.1, 0.15) is 55.4 Å². The van der Waals surface area contributed by atoms with E-state index >= 15 is 0 Å². The molecule has 178 valence electrons. The molecule has 1 N–H and O–H groups in total. The summed E-state index contributed by atoms with van der Waals surface area (Å²) < 4.78 is 31.3. The van der Waals surface area contributed by atoms with Gasteiger partial charge >= 0.3 is 0 Å². The lowest BCUT2D eigenvalue weighted by Gasteiger charge is -2.38. The number of hydrogen-bond acceptors (Lipinski definition) is 6. The Bertz CT molecular complexity index is 1160. The fourth-order valence-electron chi connectivity index (χ4n) is 5.04. The zero-order chi connectivity index (χ0) is 23.8. The molecule has 2 amide bonds. The number of sulfone groups is 1. The molecular formula is C24H31N3O5S. The van der Waals surface area contributed by atoms with Crippen LogP contribution in [0.3, 0.4) is 0 Å². The van der Waals surface area contributed by atoms with Gasteiger partial charge < -0.3 is 14.7 Å². The smallest absolute Gasteiger partial charge is 0.244 e. The third kappa shape index (κ3) is 4.30. The number of benzene rings is 1. The van der Waals surface area contributed by atoms with Crippen molar-refractivity contribution in [3.8, 4) is 0 Å². The zero-order valence-electron chi connectivity index (χ0n) is 19.4. The number of rotatable bonds is 5. The number of aryl methyl sites for hydroxylation is 3. The normalized spacial score (nSPS) is 18.9. The number of likely N-dealkylation sites (tertiary alicyclic amines) is 1. The zero-order valence-corrected chi connectivity index (χ0v) is 20.2. The van der Waals surface area contributed by atoms with Crippen LogP contribution >= 0.6 is 0 Å². The number of carbonyl (C=O) groups is 2. The van der Waals surface area contributed by atoms with Gasteiger partial charge in [-0.3, -0.25) is 9.59 Å². The summed E-state index contributed by atoms with van der Waals surface area (Å²) >= 11 is 0. The summed E-state index contributed by atoms with van der Waals surface area (Å²) in [5.41, 5.74) is 1.52. The highest BCUT2D eigenvalue weighted by atomic mass is 32.2. The first-order chi connectivity index (χ1) is 15.6. The molecule has 2 heterocycles. The number of aromatic nitrogens is 1. The van der Waals surface area contributed by atoms with Crippen molar-refractivity contribution >= 4 is 27.5 Å². The number of nitrogens with zero attached hydrogens (tertiary/aromatic N) is 2. The molecule has 0 unspecified atom stereocenters. The standard InChI is InChI=1S/C24H31N3O5S/c1-16-6-7-17(2)20(14-16)33(30,31)24(10-4-5-11-24)23(29)27-12-8-19(9-13-27)22(28)25-21-15-18(3)32-26-21/h6-7,14-15,19H,4-5,8-13H2,1-3H3,(H,25,26,28). The Morgan fingerprint density at radius 3 is 2.36 bits per heavy atom. The second-order valence-corrected chi connectivity index (χ2v) is 11.6. The van der Waals surface area contributed by atoms with Crippen molar-refractivity contribution in [1.29, 1.82) is 0 Å². The first-order valence-electron chi connectivity index (χ1n) is 11.5. The number of piperidine rings is 1. The summed E-state index contributed by atoms with van der Waals surface area (Å²) in [5.74, 6) is 0.250. The molecular weight excluding hydrogens is 442 g/mol. The summed E-state index contributed by atoms with van der Waals surface area (Å²) in [6.07, 6.45) is 3.07. The van der Waals surface area contributed by atoms with Crippen molar-refractivity contribution in [2.75, 3.05) is 18.4 Å². The molecule has 1 aromatic carbocycles. The van der Waals surface area contributed by atoms with Crippen LogP contribution in [-0.4, -0.2) is 48.1 Å². The third-order valence-corrected chi connectivity index (χ3v) is 9.61. The van der Waals surface area contributed by atoms with Gasteiger partial charge in [-0.1, -0.05) is 30.1 Å². The summed E-state index contributed by atoms with van der Waals surface area (Å²) in [6, 6.07) is 7.02. The van der Waals surface area contributed by atoms with Gasteiger partial charge in [0.25, 0.3) is 0 Å². The Kier molecular flexibility index (Phi) is 6.35. The highest BCUT2D eigenvalue weighted by Gasteiger charge is 2.55. The van der Waals surface area contributed by atoms with Crippen molar-refractivity contribution in [3.05, 3.63) is 41.2 Å². The van der Waals surface area contributed by atoms with Crippen molar-refractivity contribution in [3.63, 3.8) is 0 Å². The molecule has 9 heteroatoms. The molecule has 0 radical (unpaired) electrons. The number of carbonyl (C=O) groups excluding carboxylic acids is 2. The maximum absolute atomic E-state index is 13.9. The summed E-state index contributed by atoms with van der Waals surface area (Å²) in [5, 5.41) is 6.54. The van der Waals surface area contributed by atoms with Crippen LogP contribution in [0, 0.1) is 26.7 Å². The van der Waals surface area contributed by atoms with Gasteiger partial charge in [-0.15, -0.1) is 0 Å². The molecule has 0 spiro atoms. The van der Waals surface area contributed by atoms with Crippen LogP contribution in [0.25, 0.3) is 0 Å². The predicted molar refractivity (Wildman–Crippen MR) is 123 cm³/mol. The molecule has 0 atom stereocenters. The quantitative estimate of drug-likeness (QED) is 0.711. The third-order valence-electron chi connectivity index (χ3n) is 6.98. The van der Waals surface area contributed by atoms with Crippen LogP contribution in [0.2, 0.25) is 0 Å². The number of hydrogen-bond donors (Lipinski definition) is 1. The summed E-state index contributed by atoms with van der Waals surface area (Å²) in [7, 11) is -3.86. The summed E-state index contributed by atoms with van der Waals surface area (Å²) in [4.78, 5) is 28.2. The molecule has 1 aliphatic heterocycles. The van der Waals surface area contributed by atoms with Crippen LogP contribution in [0.5, 0.6) is 0 Å². The van der Waals surface area contributed by atoms with E-state index in [0.29, 0.717) is 68.8 Å². The van der Waals surface area contributed by atoms with E-state index in [4.69, 9.17) is 4.52 Å². The number of amides is 2. The second-order valence-electron chi connectivity index (χ2n) is 9.35. The van der Waals surface area contributed by atoms with Crippen molar-refractivity contribution < 1.29 is 22.5 Å².